The minimum atomic E-state index is -0.448. The number of benzene rings is 1. The van der Waals surface area contributed by atoms with Gasteiger partial charge in [-0.2, -0.15) is 5.10 Å². The highest BCUT2D eigenvalue weighted by Crippen LogP contribution is 2.16. The second kappa shape index (κ2) is 5.91. The summed E-state index contributed by atoms with van der Waals surface area (Å²) in [6.45, 7) is 5.65. The lowest BCUT2D eigenvalue weighted by Crippen LogP contribution is -2.09. The molecule has 0 saturated heterocycles. The van der Waals surface area contributed by atoms with Crippen molar-refractivity contribution in [3.8, 4) is 0 Å². The van der Waals surface area contributed by atoms with E-state index in [0.717, 1.165) is 22.5 Å². The van der Waals surface area contributed by atoms with Crippen LogP contribution in [0.5, 0.6) is 0 Å². The lowest BCUT2D eigenvalue weighted by molar-refractivity contribution is -0.111. The van der Waals surface area contributed by atoms with E-state index in [2.05, 4.69) is 10.4 Å². The van der Waals surface area contributed by atoms with Crippen molar-refractivity contribution in [3.05, 3.63) is 52.6 Å². The number of aryl methyl sites for hydroxylation is 3. The van der Waals surface area contributed by atoms with E-state index in [1.165, 1.54) is 12.1 Å². The van der Waals surface area contributed by atoms with Gasteiger partial charge in [0.25, 0.3) is 0 Å². The van der Waals surface area contributed by atoms with E-state index in [-0.39, 0.29) is 11.6 Å². The molecule has 0 radical (unpaired) electrons. The van der Waals surface area contributed by atoms with Gasteiger partial charge in [-0.1, -0.05) is 6.07 Å². The molecule has 0 spiro atoms. The first kappa shape index (κ1) is 15.0. The summed E-state index contributed by atoms with van der Waals surface area (Å²) in [6.07, 6.45) is 3.08. The van der Waals surface area contributed by atoms with Gasteiger partial charge in [0.2, 0.25) is 5.91 Å². The molecule has 0 aliphatic rings. The number of halogens is 1. The maximum Gasteiger partial charge on any atom is 0.248 e. The zero-order valence-corrected chi connectivity index (χ0v) is 12.6. The minimum Gasteiger partial charge on any atom is -0.320 e. The van der Waals surface area contributed by atoms with Gasteiger partial charge in [0.15, 0.2) is 0 Å². The van der Waals surface area contributed by atoms with Crippen LogP contribution in [-0.2, 0) is 11.8 Å². The Balaban J connectivity index is 2.15. The second-order valence-electron chi connectivity index (χ2n) is 5.01. The molecule has 110 valence electrons. The first-order valence-corrected chi connectivity index (χ1v) is 6.64. The van der Waals surface area contributed by atoms with Crippen molar-refractivity contribution < 1.29 is 9.18 Å². The molecule has 0 bridgehead atoms. The van der Waals surface area contributed by atoms with Crippen molar-refractivity contribution in [2.75, 3.05) is 5.32 Å². The first-order chi connectivity index (χ1) is 9.88. The van der Waals surface area contributed by atoms with Crippen LogP contribution in [0.1, 0.15) is 22.5 Å². The summed E-state index contributed by atoms with van der Waals surface area (Å²) in [5, 5.41) is 6.81. The smallest absolute Gasteiger partial charge is 0.248 e. The van der Waals surface area contributed by atoms with E-state index in [1.807, 2.05) is 27.8 Å². The van der Waals surface area contributed by atoms with E-state index >= 15 is 0 Å². The van der Waals surface area contributed by atoms with Crippen molar-refractivity contribution in [3.63, 3.8) is 0 Å². The Bertz CT molecular complexity index is 717. The van der Waals surface area contributed by atoms with Gasteiger partial charge >= 0.3 is 0 Å². The standard InChI is InChI=1S/C16H18FN3O/c1-10-5-7-14(17)15(9-10)18-16(21)8-6-13-11(2)19-20(4)12(13)3/h5-9H,1-4H3,(H,18,21). The van der Waals surface area contributed by atoms with Crippen molar-refractivity contribution in [2.45, 2.75) is 20.8 Å². The van der Waals surface area contributed by atoms with Gasteiger partial charge in [0.1, 0.15) is 5.82 Å². The van der Waals surface area contributed by atoms with Crippen molar-refractivity contribution in [1.29, 1.82) is 0 Å². The highest BCUT2D eigenvalue weighted by atomic mass is 19.1. The predicted molar refractivity (Wildman–Crippen MR) is 81.5 cm³/mol. The Labute approximate surface area is 123 Å². The molecule has 0 atom stereocenters. The number of hydrogen-bond donors (Lipinski definition) is 1. The van der Waals surface area contributed by atoms with Crippen LogP contribution in [0.25, 0.3) is 6.08 Å². The molecular weight excluding hydrogens is 269 g/mol. The molecule has 1 amide bonds. The number of carbonyl (C=O) groups excluding carboxylic acids is 1. The number of aromatic nitrogens is 2. The fourth-order valence-electron chi connectivity index (χ4n) is 2.10. The highest BCUT2D eigenvalue weighted by molar-refractivity contribution is 6.02. The number of carbonyl (C=O) groups is 1. The zero-order chi connectivity index (χ0) is 15.6. The second-order valence-corrected chi connectivity index (χ2v) is 5.01. The van der Waals surface area contributed by atoms with Gasteiger partial charge in [-0.15, -0.1) is 0 Å². The molecule has 1 aromatic heterocycles. The lowest BCUT2D eigenvalue weighted by atomic mass is 10.2. The van der Waals surface area contributed by atoms with Crippen LogP contribution in [0.4, 0.5) is 10.1 Å². The fraction of sp³-hybridized carbons (Fsp3) is 0.250. The van der Waals surface area contributed by atoms with Gasteiger partial charge in [-0.3, -0.25) is 9.48 Å². The summed E-state index contributed by atoms with van der Waals surface area (Å²) in [5.74, 6) is -0.821. The molecule has 1 heterocycles. The van der Waals surface area contributed by atoms with Crippen LogP contribution in [-0.4, -0.2) is 15.7 Å². The molecular formula is C16H18FN3O. The first-order valence-electron chi connectivity index (χ1n) is 6.64. The third-order valence-corrected chi connectivity index (χ3v) is 3.35. The number of anilines is 1. The molecule has 0 aliphatic carbocycles. The quantitative estimate of drug-likeness (QED) is 0.882. The Morgan fingerprint density at radius 1 is 1.33 bits per heavy atom. The molecule has 2 aromatic rings. The van der Waals surface area contributed by atoms with Crippen LogP contribution in [0.2, 0.25) is 0 Å². The maximum absolute atomic E-state index is 13.6. The summed E-state index contributed by atoms with van der Waals surface area (Å²) < 4.78 is 15.3. The van der Waals surface area contributed by atoms with E-state index in [9.17, 15) is 9.18 Å². The molecule has 5 heteroatoms. The minimum absolute atomic E-state index is 0.185. The van der Waals surface area contributed by atoms with E-state index in [1.54, 1.807) is 22.9 Å². The molecule has 4 nitrogen and oxygen atoms in total. The Morgan fingerprint density at radius 3 is 2.67 bits per heavy atom. The van der Waals surface area contributed by atoms with Crippen LogP contribution < -0.4 is 5.32 Å². The summed E-state index contributed by atoms with van der Waals surface area (Å²) >= 11 is 0. The largest absolute Gasteiger partial charge is 0.320 e. The summed E-state index contributed by atoms with van der Waals surface area (Å²) in [6, 6.07) is 4.59. The molecule has 1 aromatic carbocycles. The molecule has 0 saturated carbocycles. The molecule has 0 unspecified atom stereocenters. The maximum atomic E-state index is 13.6. The Morgan fingerprint density at radius 2 is 2.05 bits per heavy atom. The summed E-state index contributed by atoms with van der Waals surface area (Å²) in [4.78, 5) is 11.9. The van der Waals surface area contributed by atoms with Crippen molar-refractivity contribution in [2.24, 2.45) is 7.05 Å². The molecule has 21 heavy (non-hydrogen) atoms. The molecule has 1 N–H and O–H groups in total. The van der Waals surface area contributed by atoms with Crippen LogP contribution in [0.3, 0.4) is 0 Å². The van der Waals surface area contributed by atoms with Gasteiger partial charge in [-0.25, -0.2) is 4.39 Å². The third kappa shape index (κ3) is 3.37. The fourth-order valence-corrected chi connectivity index (χ4v) is 2.10. The lowest BCUT2D eigenvalue weighted by Gasteiger charge is -2.04. The third-order valence-electron chi connectivity index (χ3n) is 3.35. The number of amides is 1. The zero-order valence-electron chi connectivity index (χ0n) is 12.6. The Hall–Kier alpha value is -2.43. The van der Waals surface area contributed by atoms with E-state index in [4.69, 9.17) is 0 Å². The van der Waals surface area contributed by atoms with Gasteiger partial charge in [0.05, 0.1) is 11.4 Å². The molecule has 0 aliphatic heterocycles. The van der Waals surface area contributed by atoms with Gasteiger partial charge in [0, 0.05) is 24.4 Å². The van der Waals surface area contributed by atoms with Gasteiger partial charge < -0.3 is 5.32 Å². The number of nitrogens with zero attached hydrogens (tertiary/aromatic N) is 2. The van der Waals surface area contributed by atoms with Crippen molar-refractivity contribution >= 4 is 17.7 Å². The summed E-state index contributed by atoms with van der Waals surface area (Å²) in [7, 11) is 1.85. The number of rotatable bonds is 3. The average molecular weight is 287 g/mol. The highest BCUT2D eigenvalue weighted by Gasteiger charge is 2.08. The SMILES string of the molecule is Cc1ccc(F)c(NC(=O)C=Cc2c(C)nn(C)c2C)c1. The van der Waals surface area contributed by atoms with Gasteiger partial charge in [-0.05, 0) is 44.5 Å². The predicted octanol–water partition coefficient (Wildman–Crippen LogP) is 3.14. The number of nitrogens with one attached hydrogen (secondary N) is 1. The topological polar surface area (TPSA) is 46.9 Å². The van der Waals surface area contributed by atoms with Crippen LogP contribution >= 0.6 is 0 Å². The summed E-state index contributed by atoms with van der Waals surface area (Å²) in [5.41, 5.74) is 3.79. The van der Waals surface area contributed by atoms with Crippen LogP contribution in [0, 0.1) is 26.6 Å². The van der Waals surface area contributed by atoms with Crippen LogP contribution in [0.15, 0.2) is 24.3 Å². The number of hydrogen-bond acceptors (Lipinski definition) is 2. The molecule has 0 fully saturated rings. The average Bonchev–Trinajstić information content (AvgIpc) is 2.66. The monoisotopic (exact) mass is 287 g/mol. The Kier molecular flexibility index (Phi) is 4.21. The normalized spacial score (nSPS) is 11.1. The van der Waals surface area contributed by atoms with E-state index in [0.29, 0.717) is 0 Å². The van der Waals surface area contributed by atoms with Crippen molar-refractivity contribution in [1.82, 2.24) is 9.78 Å². The van der Waals surface area contributed by atoms with E-state index < -0.39 is 5.82 Å². The molecule has 2 rings (SSSR count).